The van der Waals surface area contributed by atoms with E-state index in [1.165, 1.54) is 0 Å². The van der Waals surface area contributed by atoms with Crippen LogP contribution >= 0.6 is 0 Å². The number of aromatic nitrogens is 2. The third kappa shape index (κ3) is 3.89. The molecule has 2 rings (SSSR count). The molecule has 0 bridgehead atoms. The molecule has 0 saturated heterocycles. The molecule has 21 heavy (non-hydrogen) atoms. The molecule has 1 aromatic heterocycles. The molecule has 0 fully saturated rings. The lowest BCUT2D eigenvalue weighted by molar-refractivity contribution is -0.0893. The molecule has 1 heterocycles. The molecule has 1 N–H and O–H groups in total. The van der Waals surface area contributed by atoms with Gasteiger partial charge in [-0.05, 0) is 33.8 Å². The second kappa shape index (κ2) is 5.96. The van der Waals surface area contributed by atoms with Crippen molar-refractivity contribution in [3.05, 3.63) is 42.7 Å². The van der Waals surface area contributed by atoms with Crippen LogP contribution in [0.1, 0.15) is 27.7 Å². The summed E-state index contributed by atoms with van der Waals surface area (Å²) in [5.41, 5.74) is 0.439. The summed E-state index contributed by atoms with van der Waals surface area (Å²) in [7, 11) is 0.428. The second-order valence-electron chi connectivity index (χ2n) is 6.13. The Morgan fingerprint density at radius 1 is 1.05 bits per heavy atom. The minimum atomic E-state index is -0.910. The molecule has 0 aliphatic heterocycles. The highest BCUT2D eigenvalue weighted by Gasteiger charge is 2.35. The van der Waals surface area contributed by atoms with Crippen molar-refractivity contribution in [1.82, 2.24) is 9.97 Å². The van der Waals surface area contributed by atoms with E-state index < -0.39 is 11.2 Å². The summed E-state index contributed by atoms with van der Waals surface area (Å²) in [5, 5.41) is 10.1. The highest BCUT2D eigenvalue weighted by atomic mass is 16.5. The normalized spacial score (nSPS) is 12.2. The van der Waals surface area contributed by atoms with E-state index in [4.69, 9.17) is 4.65 Å². The fourth-order valence-corrected chi connectivity index (χ4v) is 1.69. The van der Waals surface area contributed by atoms with Crippen molar-refractivity contribution < 1.29 is 9.76 Å². The Morgan fingerprint density at radius 3 is 2.33 bits per heavy atom. The largest absolute Gasteiger partial charge is 0.427 e. The van der Waals surface area contributed by atoms with Crippen LogP contribution in [-0.2, 0) is 4.65 Å². The first-order valence-electron chi connectivity index (χ1n) is 7.02. The fourth-order valence-electron chi connectivity index (χ4n) is 1.69. The van der Waals surface area contributed by atoms with Crippen molar-refractivity contribution in [3.8, 4) is 11.4 Å². The van der Waals surface area contributed by atoms with E-state index in [-0.39, 0.29) is 0 Å². The minimum absolute atomic E-state index is 0.428. The molecule has 4 nitrogen and oxygen atoms in total. The summed E-state index contributed by atoms with van der Waals surface area (Å²) in [4.78, 5) is 8.49. The van der Waals surface area contributed by atoms with Gasteiger partial charge in [-0.1, -0.05) is 29.7 Å². The van der Waals surface area contributed by atoms with Crippen LogP contribution in [0.2, 0.25) is 0 Å². The lowest BCUT2D eigenvalue weighted by atomic mass is 9.82. The van der Waals surface area contributed by atoms with Crippen LogP contribution in [-0.4, -0.2) is 33.8 Å². The van der Waals surface area contributed by atoms with Crippen molar-refractivity contribution >= 4 is 12.9 Å². The molecule has 0 aliphatic rings. The summed E-state index contributed by atoms with van der Waals surface area (Å²) in [6.07, 6.45) is 3.45. The maximum atomic E-state index is 10.1. The van der Waals surface area contributed by atoms with Crippen LogP contribution in [0.3, 0.4) is 0 Å². The number of nitrogens with zero attached hydrogens (tertiary/aromatic N) is 2. The van der Waals surface area contributed by atoms with Gasteiger partial charge in [0.15, 0.2) is 5.82 Å². The predicted molar refractivity (Wildman–Crippen MR) is 85.7 cm³/mol. The van der Waals surface area contributed by atoms with Gasteiger partial charge in [-0.3, -0.25) is 0 Å². The summed E-state index contributed by atoms with van der Waals surface area (Å²) in [6, 6.07) is 9.73. The van der Waals surface area contributed by atoms with Gasteiger partial charge in [0.05, 0.1) is 11.2 Å². The zero-order valence-corrected chi connectivity index (χ0v) is 13.0. The highest BCUT2D eigenvalue weighted by molar-refractivity contribution is 6.47. The van der Waals surface area contributed by atoms with Gasteiger partial charge in [0.25, 0.3) is 0 Å². The third-order valence-electron chi connectivity index (χ3n) is 3.82. The Labute approximate surface area is 126 Å². The molecule has 2 aromatic rings. The molecule has 110 valence electrons. The Balaban J connectivity index is 2.13. The van der Waals surface area contributed by atoms with Gasteiger partial charge >= 0.3 is 7.48 Å². The molecule has 0 saturated carbocycles. The van der Waals surface area contributed by atoms with Crippen molar-refractivity contribution in [2.24, 2.45) is 0 Å². The van der Waals surface area contributed by atoms with Gasteiger partial charge < -0.3 is 9.76 Å². The molecule has 1 aromatic carbocycles. The van der Waals surface area contributed by atoms with Crippen LogP contribution in [0.25, 0.3) is 11.4 Å². The SMILES string of the molecule is CC(C)(O)C(C)(C)OBc1cccc(-c2ncccn2)c1. The molecule has 0 aliphatic carbocycles. The third-order valence-corrected chi connectivity index (χ3v) is 3.82. The van der Waals surface area contributed by atoms with E-state index >= 15 is 0 Å². The maximum Gasteiger partial charge on any atom is 0.309 e. The average molecular weight is 284 g/mol. The Kier molecular flexibility index (Phi) is 4.44. The molecular formula is C16H21BN2O2. The van der Waals surface area contributed by atoms with Gasteiger partial charge in [0.2, 0.25) is 0 Å². The van der Waals surface area contributed by atoms with Gasteiger partial charge in [0, 0.05) is 18.0 Å². The molecule has 0 radical (unpaired) electrons. The predicted octanol–water partition coefficient (Wildman–Crippen LogP) is 1.69. The molecule has 0 unspecified atom stereocenters. The van der Waals surface area contributed by atoms with E-state index in [1.54, 1.807) is 32.3 Å². The molecule has 0 amide bonds. The Bertz CT molecular complexity index is 595. The van der Waals surface area contributed by atoms with Crippen LogP contribution in [0, 0.1) is 0 Å². The lowest BCUT2D eigenvalue weighted by Gasteiger charge is -2.37. The Morgan fingerprint density at radius 2 is 1.71 bits per heavy atom. The number of benzene rings is 1. The van der Waals surface area contributed by atoms with Gasteiger partial charge in [-0.2, -0.15) is 0 Å². The maximum absolute atomic E-state index is 10.1. The summed E-state index contributed by atoms with van der Waals surface area (Å²) >= 11 is 0. The molecule has 0 spiro atoms. The summed E-state index contributed by atoms with van der Waals surface area (Å²) < 4.78 is 5.88. The first kappa shape index (κ1) is 15.7. The van der Waals surface area contributed by atoms with Crippen LogP contribution in [0.15, 0.2) is 42.7 Å². The van der Waals surface area contributed by atoms with Gasteiger partial charge in [-0.15, -0.1) is 0 Å². The van der Waals surface area contributed by atoms with E-state index in [0.29, 0.717) is 13.3 Å². The molecular weight excluding hydrogens is 263 g/mol. The first-order chi connectivity index (χ1) is 9.79. The van der Waals surface area contributed by atoms with E-state index in [1.807, 2.05) is 38.1 Å². The smallest absolute Gasteiger partial charge is 0.309 e. The zero-order chi connectivity index (χ0) is 15.5. The summed E-state index contributed by atoms with van der Waals surface area (Å²) in [6.45, 7) is 7.27. The van der Waals surface area contributed by atoms with Crippen molar-refractivity contribution in [2.45, 2.75) is 38.9 Å². The van der Waals surface area contributed by atoms with E-state index in [9.17, 15) is 5.11 Å². The topological polar surface area (TPSA) is 55.2 Å². The van der Waals surface area contributed by atoms with Crippen LogP contribution in [0.5, 0.6) is 0 Å². The summed E-state index contributed by atoms with van der Waals surface area (Å²) in [5.74, 6) is 0.695. The van der Waals surface area contributed by atoms with Gasteiger partial charge in [-0.25, -0.2) is 9.97 Å². The minimum Gasteiger partial charge on any atom is -0.427 e. The molecule has 0 atom stereocenters. The fraction of sp³-hybridized carbons (Fsp3) is 0.375. The van der Waals surface area contributed by atoms with Crippen molar-refractivity contribution in [1.29, 1.82) is 0 Å². The lowest BCUT2D eigenvalue weighted by Crippen LogP contribution is -2.49. The van der Waals surface area contributed by atoms with Crippen molar-refractivity contribution in [2.75, 3.05) is 0 Å². The zero-order valence-electron chi connectivity index (χ0n) is 13.0. The highest BCUT2D eigenvalue weighted by Crippen LogP contribution is 2.24. The molecule has 5 heteroatoms. The van der Waals surface area contributed by atoms with E-state index in [0.717, 1.165) is 11.0 Å². The number of rotatable bonds is 5. The average Bonchev–Trinajstić information content (AvgIpc) is 2.45. The Hall–Kier alpha value is -1.72. The van der Waals surface area contributed by atoms with Crippen LogP contribution < -0.4 is 5.46 Å². The van der Waals surface area contributed by atoms with E-state index in [2.05, 4.69) is 9.97 Å². The second-order valence-corrected chi connectivity index (χ2v) is 6.13. The van der Waals surface area contributed by atoms with Crippen LogP contribution in [0.4, 0.5) is 0 Å². The first-order valence-corrected chi connectivity index (χ1v) is 7.02. The number of aliphatic hydroxyl groups is 1. The monoisotopic (exact) mass is 284 g/mol. The quantitative estimate of drug-likeness (QED) is 0.849. The van der Waals surface area contributed by atoms with Gasteiger partial charge in [0.1, 0.15) is 0 Å². The number of hydrogen-bond donors (Lipinski definition) is 1. The standard InChI is InChI=1S/C16H21BN2O2/c1-15(2,20)16(3,4)21-17-13-8-5-7-12(11-13)14-18-9-6-10-19-14/h5-11,17,20H,1-4H3. The van der Waals surface area contributed by atoms with Crippen molar-refractivity contribution in [3.63, 3.8) is 0 Å². The number of hydrogen-bond acceptors (Lipinski definition) is 4.